The van der Waals surface area contributed by atoms with Gasteiger partial charge in [-0.25, -0.2) is 0 Å². The van der Waals surface area contributed by atoms with E-state index in [1.54, 1.807) is 0 Å². The van der Waals surface area contributed by atoms with E-state index >= 15 is 0 Å². The van der Waals surface area contributed by atoms with Gasteiger partial charge in [0.25, 0.3) is 0 Å². The first-order valence-electron chi connectivity index (χ1n) is 13.6. The lowest BCUT2D eigenvalue weighted by atomic mass is 9.44. The van der Waals surface area contributed by atoms with Gasteiger partial charge in [0.1, 0.15) is 0 Å². The Morgan fingerprint density at radius 1 is 0.710 bits per heavy atom. The second-order valence-electron chi connectivity index (χ2n) is 14.3. The van der Waals surface area contributed by atoms with Crippen LogP contribution in [0.3, 0.4) is 0 Å². The summed E-state index contributed by atoms with van der Waals surface area (Å²) in [7, 11) is -3.08. The molecule has 2 nitrogen and oxygen atoms in total. The van der Waals surface area contributed by atoms with Crippen LogP contribution in [-0.2, 0) is 8.85 Å². The summed E-state index contributed by atoms with van der Waals surface area (Å²) in [5.74, 6) is 4.41. The van der Waals surface area contributed by atoms with Crippen LogP contribution in [-0.4, -0.2) is 28.8 Å². The SMILES string of the molecule is CC[C@H]1CC[C@H]2[C@@H]3CC(O[Si](C)(C)C)C4CC(O[Si](C)(C)C)CC[C@]4(C)[C@H]3CC[C@]12C. The van der Waals surface area contributed by atoms with Crippen LogP contribution in [0.5, 0.6) is 0 Å². The Bertz CT molecular complexity index is 653. The van der Waals surface area contributed by atoms with Gasteiger partial charge in [0, 0.05) is 12.2 Å². The molecule has 0 bridgehead atoms. The molecule has 4 heteroatoms. The molecule has 0 heterocycles. The molecule has 180 valence electrons. The number of hydrogen-bond acceptors (Lipinski definition) is 2. The molecule has 4 saturated carbocycles. The van der Waals surface area contributed by atoms with Crippen LogP contribution < -0.4 is 0 Å². The average Bonchev–Trinajstić information content (AvgIpc) is 2.97. The molecular formula is C27H52O2Si2. The molecule has 0 saturated heterocycles. The summed E-state index contributed by atoms with van der Waals surface area (Å²) in [6.07, 6.45) is 13.5. The number of hydrogen-bond donors (Lipinski definition) is 0. The van der Waals surface area contributed by atoms with Crippen molar-refractivity contribution in [3.63, 3.8) is 0 Å². The van der Waals surface area contributed by atoms with E-state index in [0.717, 1.165) is 23.7 Å². The molecule has 9 atom stereocenters. The topological polar surface area (TPSA) is 18.5 Å². The maximum atomic E-state index is 7.07. The lowest BCUT2D eigenvalue weighted by molar-refractivity contribution is -0.165. The first kappa shape index (κ1) is 24.5. The van der Waals surface area contributed by atoms with Crippen LogP contribution >= 0.6 is 0 Å². The highest BCUT2D eigenvalue weighted by molar-refractivity contribution is 6.70. The van der Waals surface area contributed by atoms with E-state index in [0.29, 0.717) is 29.0 Å². The zero-order valence-corrected chi connectivity index (χ0v) is 24.2. The Morgan fingerprint density at radius 2 is 1.32 bits per heavy atom. The molecule has 0 amide bonds. The van der Waals surface area contributed by atoms with Crippen LogP contribution in [0.15, 0.2) is 0 Å². The third kappa shape index (κ3) is 4.54. The molecule has 4 rings (SSSR count). The summed E-state index contributed by atoms with van der Waals surface area (Å²) in [6.45, 7) is 22.1. The molecular weight excluding hydrogens is 412 g/mol. The summed E-state index contributed by atoms with van der Waals surface area (Å²) in [4.78, 5) is 0. The van der Waals surface area contributed by atoms with Crippen molar-refractivity contribution < 1.29 is 8.85 Å². The molecule has 3 unspecified atom stereocenters. The van der Waals surface area contributed by atoms with Crippen molar-refractivity contribution in [3.8, 4) is 0 Å². The molecule has 4 fully saturated rings. The molecule has 0 aromatic rings. The second kappa shape index (κ2) is 8.24. The van der Waals surface area contributed by atoms with Crippen LogP contribution in [0.4, 0.5) is 0 Å². The van der Waals surface area contributed by atoms with E-state index < -0.39 is 16.6 Å². The molecule has 0 radical (unpaired) electrons. The van der Waals surface area contributed by atoms with E-state index in [1.807, 2.05) is 0 Å². The zero-order valence-electron chi connectivity index (χ0n) is 22.2. The highest BCUT2D eigenvalue weighted by Crippen LogP contribution is 2.68. The molecule has 0 N–H and O–H groups in total. The first-order valence-corrected chi connectivity index (χ1v) is 20.4. The molecule has 4 aliphatic carbocycles. The minimum atomic E-state index is -1.58. The highest BCUT2D eigenvalue weighted by atomic mass is 28.4. The van der Waals surface area contributed by atoms with Crippen LogP contribution in [0, 0.1) is 40.4 Å². The van der Waals surface area contributed by atoms with Crippen LogP contribution in [0.25, 0.3) is 0 Å². The maximum Gasteiger partial charge on any atom is 0.184 e. The Labute approximate surface area is 195 Å². The normalized spacial score (nSPS) is 48.1. The van der Waals surface area contributed by atoms with Crippen LogP contribution in [0.1, 0.15) is 78.6 Å². The lowest BCUT2D eigenvalue weighted by Crippen LogP contribution is -2.60. The Balaban J connectivity index is 1.64. The van der Waals surface area contributed by atoms with Gasteiger partial charge in [-0.05, 0) is 131 Å². The van der Waals surface area contributed by atoms with Gasteiger partial charge in [0.05, 0.1) is 0 Å². The molecule has 4 aliphatic rings. The van der Waals surface area contributed by atoms with Gasteiger partial charge in [0.15, 0.2) is 16.6 Å². The zero-order chi connectivity index (χ0) is 22.8. The predicted molar refractivity (Wildman–Crippen MR) is 137 cm³/mol. The molecule has 0 aromatic heterocycles. The van der Waals surface area contributed by atoms with Gasteiger partial charge >= 0.3 is 0 Å². The van der Waals surface area contributed by atoms with E-state index in [2.05, 4.69) is 60.1 Å². The Hall–Kier alpha value is 0.354. The van der Waals surface area contributed by atoms with Gasteiger partial charge in [0.2, 0.25) is 0 Å². The first-order chi connectivity index (χ1) is 14.3. The fraction of sp³-hybridized carbons (Fsp3) is 1.00. The van der Waals surface area contributed by atoms with E-state index in [9.17, 15) is 0 Å². The molecule has 31 heavy (non-hydrogen) atoms. The van der Waals surface area contributed by atoms with Gasteiger partial charge in [-0.3, -0.25) is 0 Å². The maximum absolute atomic E-state index is 7.07. The summed E-state index contributed by atoms with van der Waals surface area (Å²) in [5, 5.41) is 0. The van der Waals surface area contributed by atoms with Crippen molar-refractivity contribution in [1.29, 1.82) is 0 Å². The fourth-order valence-electron chi connectivity index (χ4n) is 9.20. The molecule has 0 spiro atoms. The minimum absolute atomic E-state index is 0.457. The summed E-state index contributed by atoms with van der Waals surface area (Å²) in [6, 6.07) is 0. The van der Waals surface area contributed by atoms with E-state index in [1.165, 1.54) is 57.8 Å². The van der Waals surface area contributed by atoms with E-state index in [4.69, 9.17) is 8.85 Å². The fourth-order valence-corrected chi connectivity index (χ4v) is 11.6. The molecule has 0 aliphatic heterocycles. The smallest absolute Gasteiger partial charge is 0.184 e. The Morgan fingerprint density at radius 3 is 1.94 bits per heavy atom. The largest absolute Gasteiger partial charge is 0.415 e. The van der Waals surface area contributed by atoms with Gasteiger partial charge < -0.3 is 8.85 Å². The van der Waals surface area contributed by atoms with Crippen molar-refractivity contribution in [2.75, 3.05) is 0 Å². The van der Waals surface area contributed by atoms with Crippen molar-refractivity contribution in [1.82, 2.24) is 0 Å². The standard InChI is InChI=1S/C27H52O2Si2/c1-10-19-11-12-22-21-18-25(29-31(7,8)9)24-17-20(28-30(4,5)6)13-15-27(24,3)23(21)14-16-26(19,22)2/h19-25H,10-18H2,1-9H3/t19-,20?,21-,22-,23-,24?,25?,26+,27+/m0/s1. The third-order valence-corrected chi connectivity index (χ3v) is 12.4. The monoisotopic (exact) mass is 464 g/mol. The quantitative estimate of drug-likeness (QED) is 0.382. The van der Waals surface area contributed by atoms with Gasteiger partial charge in [-0.1, -0.05) is 27.2 Å². The van der Waals surface area contributed by atoms with Gasteiger partial charge in [-0.15, -0.1) is 0 Å². The predicted octanol–water partition coefficient (Wildman–Crippen LogP) is 8.11. The third-order valence-electron chi connectivity index (χ3n) is 10.3. The van der Waals surface area contributed by atoms with Crippen LogP contribution in [0.2, 0.25) is 39.3 Å². The Kier molecular flexibility index (Phi) is 6.50. The molecule has 0 aromatic carbocycles. The summed E-state index contributed by atoms with van der Waals surface area (Å²) >= 11 is 0. The average molecular weight is 465 g/mol. The van der Waals surface area contributed by atoms with E-state index in [-0.39, 0.29) is 0 Å². The highest BCUT2D eigenvalue weighted by Gasteiger charge is 2.62. The van der Waals surface area contributed by atoms with Crippen molar-refractivity contribution in [2.45, 2.75) is 130 Å². The summed E-state index contributed by atoms with van der Waals surface area (Å²) < 4.78 is 13.8. The van der Waals surface area contributed by atoms with Gasteiger partial charge in [-0.2, -0.15) is 0 Å². The number of fused-ring (bicyclic) bond motifs is 5. The van der Waals surface area contributed by atoms with Crippen molar-refractivity contribution in [3.05, 3.63) is 0 Å². The second-order valence-corrected chi connectivity index (χ2v) is 23.3. The number of rotatable bonds is 5. The lowest BCUT2D eigenvalue weighted by Gasteiger charge is -2.63. The minimum Gasteiger partial charge on any atom is -0.415 e. The van der Waals surface area contributed by atoms with Crippen molar-refractivity contribution in [2.24, 2.45) is 40.4 Å². The van der Waals surface area contributed by atoms with Crippen molar-refractivity contribution >= 4 is 16.6 Å². The summed E-state index contributed by atoms with van der Waals surface area (Å²) in [5.41, 5.74) is 1.05.